The number of hydrogen-bond acceptors (Lipinski definition) is 4. The van der Waals surface area contributed by atoms with Crippen LogP contribution in [0.4, 0.5) is 4.39 Å². The summed E-state index contributed by atoms with van der Waals surface area (Å²) in [4.78, 5) is 0. The molecule has 1 atom stereocenters. The van der Waals surface area contributed by atoms with Crippen LogP contribution >= 0.6 is 0 Å². The predicted molar refractivity (Wildman–Crippen MR) is 65.1 cm³/mol. The lowest BCUT2D eigenvalue weighted by Crippen LogP contribution is -2.08. The average Bonchev–Trinajstić information content (AvgIpc) is 2.87. The summed E-state index contributed by atoms with van der Waals surface area (Å²) in [5.41, 5.74) is 7.12. The lowest BCUT2D eigenvalue weighted by Gasteiger charge is -2.04. The Balaban J connectivity index is 2.31. The molecular weight excluding hydrogens is 235 g/mol. The summed E-state index contributed by atoms with van der Waals surface area (Å²) < 4.78 is 19.9. The summed E-state index contributed by atoms with van der Waals surface area (Å²) in [5, 5.41) is 7.90. The van der Waals surface area contributed by atoms with E-state index >= 15 is 0 Å². The Kier molecular flexibility index (Phi) is 3.57. The van der Waals surface area contributed by atoms with Gasteiger partial charge in [-0.3, -0.25) is 0 Å². The number of methoxy groups -OCH3 is 1. The second-order valence-electron chi connectivity index (χ2n) is 3.92. The summed E-state index contributed by atoms with van der Waals surface area (Å²) >= 11 is 0. The smallest absolute Gasteiger partial charge is 0.167 e. The molecule has 0 fully saturated rings. The molecule has 2 rings (SSSR count). The van der Waals surface area contributed by atoms with Gasteiger partial charge < -0.3 is 10.5 Å². The molecule has 1 heterocycles. The molecule has 2 N–H and O–H groups in total. The summed E-state index contributed by atoms with van der Waals surface area (Å²) in [6.45, 7) is 1.97. The Morgan fingerprint density at radius 2 is 2.28 bits per heavy atom. The van der Waals surface area contributed by atoms with Gasteiger partial charge in [0.1, 0.15) is 0 Å². The number of nitrogens with two attached hydrogens (primary N) is 1. The van der Waals surface area contributed by atoms with Crippen molar-refractivity contribution in [3.05, 3.63) is 35.9 Å². The van der Waals surface area contributed by atoms with E-state index in [1.807, 2.05) is 6.92 Å². The predicted octanol–water partition coefficient (Wildman–Crippen LogP) is 1.82. The molecule has 0 aliphatic carbocycles. The van der Waals surface area contributed by atoms with E-state index < -0.39 is 5.82 Å². The minimum atomic E-state index is -0.438. The lowest BCUT2D eigenvalue weighted by atomic mass is 10.2. The molecule has 0 spiro atoms. The lowest BCUT2D eigenvalue weighted by molar-refractivity contribution is 0.386. The van der Waals surface area contributed by atoms with Crippen LogP contribution in [0.3, 0.4) is 0 Å². The first-order valence-electron chi connectivity index (χ1n) is 5.67. The molecule has 18 heavy (non-hydrogen) atoms. The van der Waals surface area contributed by atoms with E-state index in [9.17, 15) is 4.39 Å². The van der Waals surface area contributed by atoms with Gasteiger partial charge in [0.25, 0.3) is 0 Å². The first-order valence-corrected chi connectivity index (χ1v) is 5.67. The molecule has 2 aromatic rings. The molecule has 0 saturated heterocycles. The molecule has 1 unspecified atom stereocenters. The first kappa shape index (κ1) is 12.5. The molecule has 1 aromatic heterocycles. The largest absolute Gasteiger partial charge is 0.494 e. The van der Waals surface area contributed by atoms with E-state index in [1.54, 1.807) is 18.3 Å². The molecule has 96 valence electrons. The van der Waals surface area contributed by atoms with Gasteiger partial charge in [0.2, 0.25) is 0 Å². The highest BCUT2D eigenvalue weighted by Crippen LogP contribution is 2.20. The van der Waals surface area contributed by atoms with Gasteiger partial charge in [0, 0.05) is 6.07 Å². The number of halogens is 1. The van der Waals surface area contributed by atoms with Gasteiger partial charge >= 0.3 is 0 Å². The maximum Gasteiger partial charge on any atom is 0.167 e. The van der Waals surface area contributed by atoms with Crippen molar-refractivity contribution < 1.29 is 9.13 Å². The van der Waals surface area contributed by atoms with Gasteiger partial charge in [-0.05, 0) is 18.6 Å². The maximum absolute atomic E-state index is 13.6. The number of ether oxygens (including phenoxy) is 1. The normalized spacial score (nSPS) is 12.4. The van der Waals surface area contributed by atoms with Crippen LogP contribution in [-0.4, -0.2) is 22.1 Å². The third-order valence-corrected chi connectivity index (χ3v) is 2.73. The summed E-state index contributed by atoms with van der Waals surface area (Å²) in [7, 11) is 1.42. The summed E-state index contributed by atoms with van der Waals surface area (Å²) in [6.07, 6.45) is 2.48. The zero-order valence-electron chi connectivity index (χ0n) is 10.3. The molecular formula is C12H15FN4O. The zero-order valence-corrected chi connectivity index (χ0v) is 10.3. The molecule has 0 radical (unpaired) electrons. The van der Waals surface area contributed by atoms with Crippen molar-refractivity contribution >= 4 is 0 Å². The molecule has 0 bridgehead atoms. The zero-order chi connectivity index (χ0) is 13.1. The molecule has 0 saturated carbocycles. The van der Waals surface area contributed by atoms with Crippen LogP contribution in [0.15, 0.2) is 24.4 Å². The van der Waals surface area contributed by atoms with Crippen molar-refractivity contribution in [2.45, 2.75) is 19.4 Å². The third kappa shape index (κ3) is 2.33. The topological polar surface area (TPSA) is 66.0 Å². The fourth-order valence-electron chi connectivity index (χ4n) is 1.58. The van der Waals surface area contributed by atoms with Crippen molar-refractivity contribution in [2.24, 2.45) is 5.73 Å². The highest BCUT2D eigenvalue weighted by atomic mass is 19.1. The minimum absolute atomic E-state index is 0.151. The van der Waals surface area contributed by atoms with Crippen molar-refractivity contribution in [2.75, 3.05) is 7.11 Å². The fourth-order valence-corrected chi connectivity index (χ4v) is 1.58. The SMILES string of the molecule is CCC(N)c1cn(-c2ccc(OC)c(F)c2)nn1. The minimum Gasteiger partial charge on any atom is -0.494 e. The summed E-state index contributed by atoms with van der Waals surface area (Å²) in [5.74, 6) is -0.240. The van der Waals surface area contributed by atoms with E-state index in [2.05, 4.69) is 10.3 Å². The van der Waals surface area contributed by atoms with Gasteiger partial charge in [0.05, 0.1) is 30.7 Å². The van der Waals surface area contributed by atoms with Crippen LogP contribution in [0.5, 0.6) is 5.75 Å². The Morgan fingerprint density at radius 3 is 2.89 bits per heavy atom. The number of rotatable bonds is 4. The summed E-state index contributed by atoms with van der Waals surface area (Å²) in [6, 6.07) is 4.44. The van der Waals surface area contributed by atoms with Crippen LogP contribution in [0.1, 0.15) is 25.1 Å². The van der Waals surface area contributed by atoms with E-state index in [0.29, 0.717) is 11.4 Å². The standard InChI is InChI=1S/C12H15FN4O/c1-3-10(14)11-7-17(16-15-11)8-4-5-12(18-2)9(13)6-8/h4-7,10H,3,14H2,1-2H3. The van der Waals surface area contributed by atoms with E-state index in [-0.39, 0.29) is 11.8 Å². The number of nitrogens with zero attached hydrogens (tertiary/aromatic N) is 3. The molecule has 0 aliphatic rings. The van der Waals surface area contributed by atoms with E-state index in [0.717, 1.165) is 6.42 Å². The van der Waals surface area contributed by atoms with Crippen LogP contribution in [0.2, 0.25) is 0 Å². The highest BCUT2D eigenvalue weighted by molar-refractivity contribution is 5.38. The van der Waals surface area contributed by atoms with Crippen LogP contribution in [-0.2, 0) is 0 Å². The van der Waals surface area contributed by atoms with Crippen molar-refractivity contribution in [3.8, 4) is 11.4 Å². The van der Waals surface area contributed by atoms with Gasteiger partial charge in [-0.2, -0.15) is 0 Å². The van der Waals surface area contributed by atoms with E-state index in [4.69, 9.17) is 10.5 Å². The van der Waals surface area contributed by atoms with Gasteiger partial charge in [-0.15, -0.1) is 5.10 Å². The second kappa shape index (κ2) is 5.14. The maximum atomic E-state index is 13.6. The highest BCUT2D eigenvalue weighted by Gasteiger charge is 2.10. The van der Waals surface area contributed by atoms with Gasteiger partial charge in [-0.1, -0.05) is 12.1 Å². The van der Waals surface area contributed by atoms with Crippen LogP contribution in [0.25, 0.3) is 5.69 Å². The van der Waals surface area contributed by atoms with Crippen molar-refractivity contribution in [1.29, 1.82) is 0 Å². The fraction of sp³-hybridized carbons (Fsp3) is 0.333. The Labute approximate surface area is 104 Å². The molecule has 0 aliphatic heterocycles. The molecule has 5 nitrogen and oxygen atoms in total. The number of hydrogen-bond donors (Lipinski definition) is 1. The van der Waals surface area contributed by atoms with Crippen molar-refractivity contribution in [1.82, 2.24) is 15.0 Å². The van der Waals surface area contributed by atoms with Crippen LogP contribution < -0.4 is 10.5 Å². The van der Waals surface area contributed by atoms with Crippen LogP contribution in [0, 0.1) is 5.82 Å². The second-order valence-corrected chi connectivity index (χ2v) is 3.92. The van der Waals surface area contributed by atoms with Gasteiger partial charge in [-0.25, -0.2) is 9.07 Å². The average molecular weight is 250 g/mol. The monoisotopic (exact) mass is 250 g/mol. The quantitative estimate of drug-likeness (QED) is 0.899. The molecule has 0 amide bonds. The van der Waals surface area contributed by atoms with Crippen molar-refractivity contribution in [3.63, 3.8) is 0 Å². The molecule has 1 aromatic carbocycles. The third-order valence-electron chi connectivity index (χ3n) is 2.73. The Bertz CT molecular complexity index is 541. The number of benzene rings is 1. The molecule has 6 heteroatoms. The Morgan fingerprint density at radius 1 is 1.50 bits per heavy atom. The first-order chi connectivity index (χ1) is 8.65. The van der Waals surface area contributed by atoms with E-state index in [1.165, 1.54) is 17.9 Å². The van der Waals surface area contributed by atoms with Gasteiger partial charge in [0.15, 0.2) is 11.6 Å². The Hall–Kier alpha value is -1.95. The number of aromatic nitrogens is 3.